The van der Waals surface area contributed by atoms with E-state index in [2.05, 4.69) is 20.4 Å². The summed E-state index contributed by atoms with van der Waals surface area (Å²) >= 11 is 0. The van der Waals surface area contributed by atoms with E-state index in [1.165, 1.54) is 43.5 Å². The van der Waals surface area contributed by atoms with Crippen LogP contribution in [0.15, 0.2) is 29.3 Å². The van der Waals surface area contributed by atoms with Gasteiger partial charge in [0.25, 0.3) is 0 Å². The zero-order chi connectivity index (χ0) is 19.7. The van der Waals surface area contributed by atoms with Gasteiger partial charge in [0.05, 0.1) is 6.54 Å². The van der Waals surface area contributed by atoms with Crippen LogP contribution >= 0.6 is 0 Å². The van der Waals surface area contributed by atoms with Gasteiger partial charge in [-0.05, 0) is 43.0 Å². The molecule has 0 radical (unpaired) electrons. The van der Waals surface area contributed by atoms with Gasteiger partial charge in [-0.15, -0.1) is 13.2 Å². The molecule has 0 bridgehead atoms. The largest absolute Gasteiger partial charge is 0.573 e. The summed E-state index contributed by atoms with van der Waals surface area (Å²) < 4.78 is 40.1. The highest BCUT2D eigenvalue weighted by molar-refractivity contribution is 5.92. The predicted octanol–water partition coefficient (Wildman–Crippen LogP) is 3.40. The van der Waals surface area contributed by atoms with Crippen molar-refractivity contribution in [3.63, 3.8) is 0 Å². The van der Waals surface area contributed by atoms with Gasteiger partial charge in [-0.3, -0.25) is 9.79 Å². The minimum atomic E-state index is -4.73. The third kappa shape index (κ3) is 8.65. The minimum Gasteiger partial charge on any atom is -0.406 e. The highest BCUT2D eigenvalue weighted by Crippen LogP contribution is 2.26. The molecule has 2 rings (SSSR count). The Balaban J connectivity index is 1.67. The van der Waals surface area contributed by atoms with Crippen LogP contribution in [0.3, 0.4) is 0 Å². The Kier molecular flexibility index (Phi) is 7.75. The molecule has 0 atom stereocenters. The lowest BCUT2D eigenvalue weighted by Gasteiger charge is -2.20. The molecule has 6 nitrogen and oxygen atoms in total. The van der Waals surface area contributed by atoms with Gasteiger partial charge in [-0.25, -0.2) is 0 Å². The van der Waals surface area contributed by atoms with E-state index in [0.29, 0.717) is 31.1 Å². The molecule has 1 aliphatic rings. The number of benzene rings is 1. The number of amides is 1. The number of halogens is 3. The third-order valence-electron chi connectivity index (χ3n) is 4.28. The van der Waals surface area contributed by atoms with Crippen LogP contribution in [0.1, 0.15) is 38.5 Å². The summed E-state index contributed by atoms with van der Waals surface area (Å²) in [5.41, 5.74) is 6.21. The first-order valence-corrected chi connectivity index (χ1v) is 9.01. The fourth-order valence-electron chi connectivity index (χ4n) is 3.02. The van der Waals surface area contributed by atoms with Gasteiger partial charge in [0.1, 0.15) is 5.75 Å². The molecule has 0 aromatic heterocycles. The van der Waals surface area contributed by atoms with Crippen molar-refractivity contribution in [1.29, 1.82) is 0 Å². The monoisotopic (exact) mass is 386 g/mol. The SMILES string of the molecule is NC(=NCCNC(=O)CC1CCCCC1)Nc1ccc(OC(F)(F)F)cc1. The zero-order valence-electron chi connectivity index (χ0n) is 15.0. The second kappa shape index (κ2) is 10.0. The Morgan fingerprint density at radius 1 is 1.19 bits per heavy atom. The summed E-state index contributed by atoms with van der Waals surface area (Å²) in [4.78, 5) is 16.0. The fraction of sp³-hybridized carbons (Fsp3) is 0.556. The number of alkyl halides is 3. The summed E-state index contributed by atoms with van der Waals surface area (Å²) in [5, 5.41) is 5.59. The van der Waals surface area contributed by atoms with Crippen molar-refractivity contribution in [3.05, 3.63) is 24.3 Å². The molecule has 1 aromatic carbocycles. The molecule has 1 saturated carbocycles. The van der Waals surface area contributed by atoms with E-state index in [1.807, 2.05) is 0 Å². The van der Waals surface area contributed by atoms with Crippen LogP contribution in [0.4, 0.5) is 18.9 Å². The van der Waals surface area contributed by atoms with Gasteiger partial charge < -0.3 is 21.1 Å². The summed E-state index contributed by atoms with van der Waals surface area (Å²) in [5.74, 6) is 0.312. The average molecular weight is 386 g/mol. The van der Waals surface area contributed by atoms with Gasteiger partial charge in [0, 0.05) is 18.7 Å². The van der Waals surface area contributed by atoms with E-state index in [9.17, 15) is 18.0 Å². The molecule has 27 heavy (non-hydrogen) atoms. The second-order valence-corrected chi connectivity index (χ2v) is 6.52. The molecule has 9 heteroatoms. The Hall–Kier alpha value is -2.45. The molecular formula is C18H25F3N4O2. The summed E-state index contributed by atoms with van der Waals surface area (Å²) in [6, 6.07) is 5.15. The molecule has 0 heterocycles. The van der Waals surface area contributed by atoms with Gasteiger partial charge in [-0.2, -0.15) is 0 Å². The van der Waals surface area contributed by atoms with Crippen molar-refractivity contribution in [3.8, 4) is 5.75 Å². The Bertz CT molecular complexity index is 626. The van der Waals surface area contributed by atoms with Crippen molar-refractivity contribution in [2.45, 2.75) is 44.9 Å². The number of aliphatic imine (C=N–C) groups is 1. The lowest BCUT2D eigenvalue weighted by atomic mass is 9.87. The molecule has 0 aliphatic heterocycles. The van der Waals surface area contributed by atoms with E-state index in [4.69, 9.17) is 5.73 Å². The van der Waals surface area contributed by atoms with Gasteiger partial charge >= 0.3 is 6.36 Å². The maximum absolute atomic E-state index is 12.1. The number of guanidine groups is 1. The minimum absolute atomic E-state index is 0.0314. The number of nitrogens with two attached hydrogens (primary N) is 1. The molecule has 150 valence electrons. The molecule has 1 amide bonds. The fourth-order valence-corrected chi connectivity index (χ4v) is 3.02. The highest BCUT2D eigenvalue weighted by Gasteiger charge is 2.30. The van der Waals surface area contributed by atoms with Gasteiger partial charge in [0.2, 0.25) is 5.91 Å². The summed E-state index contributed by atoms with van der Waals surface area (Å²) in [6.07, 6.45) is 1.74. The number of carbonyl (C=O) groups is 1. The Labute approximate surface area is 156 Å². The molecule has 1 aromatic rings. The number of nitrogens with one attached hydrogen (secondary N) is 2. The number of rotatable bonds is 7. The summed E-state index contributed by atoms with van der Waals surface area (Å²) in [6.45, 7) is 0.691. The molecule has 0 spiro atoms. The molecule has 4 N–H and O–H groups in total. The van der Waals surface area contributed by atoms with Crippen molar-refractivity contribution < 1.29 is 22.7 Å². The van der Waals surface area contributed by atoms with E-state index >= 15 is 0 Å². The molecule has 0 saturated heterocycles. The van der Waals surface area contributed by atoms with Crippen LogP contribution in [0, 0.1) is 5.92 Å². The number of carbonyl (C=O) groups excluding carboxylic acids is 1. The number of hydrogen-bond donors (Lipinski definition) is 3. The smallest absolute Gasteiger partial charge is 0.406 e. The standard InChI is InChI=1S/C18H25F3N4O2/c19-18(20,21)27-15-8-6-14(7-9-15)25-17(22)24-11-10-23-16(26)12-13-4-2-1-3-5-13/h6-9,13H,1-5,10-12H2,(H,23,26)(H3,22,24,25). The van der Waals surface area contributed by atoms with E-state index < -0.39 is 6.36 Å². The summed E-state index contributed by atoms with van der Waals surface area (Å²) in [7, 11) is 0. The number of ether oxygens (including phenoxy) is 1. The molecule has 1 aliphatic carbocycles. The second-order valence-electron chi connectivity index (χ2n) is 6.52. The van der Waals surface area contributed by atoms with Crippen LogP contribution in [-0.2, 0) is 4.79 Å². The number of nitrogens with zero attached hydrogens (tertiary/aromatic N) is 1. The topological polar surface area (TPSA) is 88.7 Å². The molecule has 0 unspecified atom stereocenters. The number of anilines is 1. The normalized spacial score (nSPS) is 16.0. The maximum atomic E-state index is 12.1. The lowest BCUT2D eigenvalue weighted by Crippen LogP contribution is -2.30. The predicted molar refractivity (Wildman–Crippen MR) is 97.4 cm³/mol. The zero-order valence-corrected chi connectivity index (χ0v) is 15.0. The quantitative estimate of drug-likeness (QED) is 0.381. The highest BCUT2D eigenvalue weighted by atomic mass is 19.4. The first kappa shape index (κ1) is 20.9. The van der Waals surface area contributed by atoms with Crippen molar-refractivity contribution in [1.82, 2.24) is 5.32 Å². The third-order valence-corrected chi connectivity index (χ3v) is 4.28. The van der Waals surface area contributed by atoms with Gasteiger partial charge in [0.15, 0.2) is 5.96 Å². The van der Waals surface area contributed by atoms with Crippen LogP contribution in [0.2, 0.25) is 0 Å². The van der Waals surface area contributed by atoms with E-state index in [1.54, 1.807) is 0 Å². The van der Waals surface area contributed by atoms with Crippen molar-refractivity contribution >= 4 is 17.6 Å². The van der Waals surface area contributed by atoms with Crippen LogP contribution in [0.5, 0.6) is 5.75 Å². The van der Waals surface area contributed by atoms with Crippen molar-refractivity contribution in [2.24, 2.45) is 16.6 Å². The van der Waals surface area contributed by atoms with E-state index in [0.717, 1.165) is 12.8 Å². The van der Waals surface area contributed by atoms with E-state index in [-0.39, 0.29) is 17.6 Å². The Morgan fingerprint density at radius 3 is 2.48 bits per heavy atom. The van der Waals surface area contributed by atoms with Crippen molar-refractivity contribution in [2.75, 3.05) is 18.4 Å². The maximum Gasteiger partial charge on any atom is 0.573 e. The van der Waals surface area contributed by atoms with Crippen LogP contribution in [0.25, 0.3) is 0 Å². The lowest BCUT2D eigenvalue weighted by molar-refractivity contribution is -0.274. The molecular weight excluding hydrogens is 361 g/mol. The first-order valence-electron chi connectivity index (χ1n) is 9.01. The Morgan fingerprint density at radius 2 is 1.85 bits per heavy atom. The molecule has 1 fully saturated rings. The average Bonchev–Trinajstić information content (AvgIpc) is 2.60. The van der Waals surface area contributed by atoms with Gasteiger partial charge in [-0.1, -0.05) is 19.3 Å². The van der Waals surface area contributed by atoms with Crippen LogP contribution in [-0.4, -0.2) is 31.3 Å². The first-order chi connectivity index (χ1) is 12.8. The van der Waals surface area contributed by atoms with Crippen LogP contribution < -0.4 is 21.1 Å². The number of hydrogen-bond acceptors (Lipinski definition) is 3.